The average molecular weight is 393 g/mol. The van der Waals surface area contributed by atoms with E-state index in [0.29, 0.717) is 12.2 Å². The van der Waals surface area contributed by atoms with Crippen LogP contribution in [-0.2, 0) is 4.79 Å². The number of hydrazone groups is 1. The summed E-state index contributed by atoms with van der Waals surface area (Å²) in [6, 6.07) is 16.7. The van der Waals surface area contributed by atoms with Crippen LogP contribution in [0.3, 0.4) is 0 Å². The minimum Gasteiger partial charge on any atom is -0.494 e. The molecule has 2 amide bonds. The number of hydrogen-bond donors (Lipinski definition) is 2. The molecular weight excluding hydrogens is 366 g/mol. The number of carbonyl (C=O) groups excluding carboxylic acids is 2. The Morgan fingerprint density at radius 1 is 1.07 bits per heavy atom. The number of nitrogens with one attached hydrogen (secondary N) is 2. The molecule has 0 heterocycles. The highest BCUT2D eigenvalue weighted by Gasteiger charge is 2.07. The van der Waals surface area contributed by atoms with E-state index in [1.807, 2.05) is 43.3 Å². The summed E-state index contributed by atoms with van der Waals surface area (Å²) in [7, 11) is 0. The molecule has 2 rings (SSSR count). The average Bonchev–Trinajstić information content (AvgIpc) is 2.73. The molecule has 0 atom stereocenters. The molecule has 2 aromatic carbocycles. The van der Waals surface area contributed by atoms with E-state index in [1.165, 1.54) is 0 Å². The van der Waals surface area contributed by atoms with Gasteiger partial charge in [0.2, 0.25) is 0 Å². The van der Waals surface area contributed by atoms with E-state index in [0.717, 1.165) is 29.7 Å². The van der Waals surface area contributed by atoms with Gasteiger partial charge in [-0.25, -0.2) is 5.43 Å². The SMILES string of the molecule is CCCCOc1ccc(C(=O)NCC(=O)N/N=C/C(C)=C\c2ccccc2)cc1. The first-order valence-electron chi connectivity index (χ1n) is 9.65. The van der Waals surface area contributed by atoms with Gasteiger partial charge in [0, 0.05) is 5.56 Å². The molecule has 29 heavy (non-hydrogen) atoms. The summed E-state index contributed by atoms with van der Waals surface area (Å²) in [5.74, 6) is -0.00738. The van der Waals surface area contributed by atoms with Crippen LogP contribution in [0, 0.1) is 0 Å². The fourth-order valence-corrected chi connectivity index (χ4v) is 2.39. The molecule has 152 valence electrons. The summed E-state index contributed by atoms with van der Waals surface area (Å²) in [5.41, 5.74) is 4.81. The third kappa shape index (κ3) is 8.43. The van der Waals surface area contributed by atoms with Gasteiger partial charge in [0.25, 0.3) is 11.8 Å². The number of amides is 2. The topological polar surface area (TPSA) is 79.8 Å². The Hall–Kier alpha value is -3.41. The Kier molecular flexibility index (Phi) is 9.15. The van der Waals surface area contributed by atoms with Gasteiger partial charge in [-0.15, -0.1) is 0 Å². The van der Waals surface area contributed by atoms with Crippen molar-refractivity contribution in [2.45, 2.75) is 26.7 Å². The van der Waals surface area contributed by atoms with Crippen LogP contribution in [0.2, 0.25) is 0 Å². The molecule has 0 radical (unpaired) electrons. The van der Waals surface area contributed by atoms with E-state index in [-0.39, 0.29) is 12.5 Å². The minimum absolute atomic E-state index is 0.160. The molecule has 2 N–H and O–H groups in total. The second-order valence-electron chi connectivity index (χ2n) is 6.50. The number of ether oxygens (including phenoxy) is 1. The van der Waals surface area contributed by atoms with Crippen molar-refractivity contribution in [1.29, 1.82) is 0 Å². The van der Waals surface area contributed by atoms with E-state index >= 15 is 0 Å². The lowest BCUT2D eigenvalue weighted by atomic mass is 10.1. The molecule has 0 unspecified atom stereocenters. The first kappa shape index (κ1) is 21.9. The Labute approximate surface area is 171 Å². The van der Waals surface area contributed by atoms with Crippen molar-refractivity contribution >= 4 is 24.1 Å². The largest absolute Gasteiger partial charge is 0.494 e. The molecule has 0 saturated carbocycles. The first-order valence-corrected chi connectivity index (χ1v) is 9.65. The third-order valence-electron chi connectivity index (χ3n) is 3.94. The first-order chi connectivity index (χ1) is 14.1. The quantitative estimate of drug-likeness (QED) is 0.366. The molecule has 0 aromatic heterocycles. The maximum absolute atomic E-state index is 12.1. The van der Waals surface area contributed by atoms with Crippen LogP contribution >= 0.6 is 0 Å². The van der Waals surface area contributed by atoms with Crippen LogP contribution < -0.4 is 15.5 Å². The van der Waals surface area contributed by atoms with Crippen LogP contribution in [0.1, 0.15) is 42.6 Å². The number of unbranched alkanes of at least 4 members (excludes halogenated alkanes) is 1. The number of allylic oxidation sites excluding steroid dienone is 1. The molecular formula is C23H27N3O3. The normalized spacial score (nSPS) is 11.3. The highest BCUT2D eigenvalue weighted by molar-refractivity contribution is 5.96. The monoisotopic (exact) mass is 393 g/mol. The molecule has 0 bridgehead atoms. The summed E-state index contributed by atoms with van der Waals surface area (Å²) in [4.78, 5) is 24.0. The van der Waals surface area contributed by atoms with Gasteiger partial charge in [-0.1, -0.05) is 49.8 Å². The van der Waals surface area contributed by atoms with Crippen molar-refractivity contribution in [2.24, 2.45) is 5.10 Å². The third-order valence-corrected chi connectivity index (χ3v) is 3.94. The summed E-state index contributed by atoms with van der Waals surface area (Å²) in [5, 5.41) is 6.47. The van der Waals surface area contributed by atoms with Crippen molar-refractivity contribution in [3.63, 3.8) is 0 Å². The number of benzene rings is 2. The Morgan fingerprint density at radius 2 is 1.79 bits per heavy atom. The van der Waals surface area contributed by atoms with Crippen molar-refractivity contribution in [3.8, 4) is 5.75 Å². The molecule has 2 aromatic rings. The zero-order valence-electron chi connectivity index (χ0n) is 16.9. The molecule has 0 aliphatic carbocycles. The lowest BCUT2D eigenvalue weighted by Crippen LogP contribution is -2.34. The number of rotatable bonds is 10. The summed E-state index contributed by atoms with van der Waals surface area (Å²) >= 11 is 0. The van der Waals surface area contributed by atoms with Crippen LogP contribution in [0.5, 0.6) is 5.75 Å². The Balaban J connectivity index is 1.74. The standard InChI is InChI=1S/C23H27N3O3/c1-3-4-14-29-21-12-10-20(11-13-21)23(28)24-17-22(27)26-25-16-18(2)15-19-8-6-5-7-9-19/h5-13,15-16H,3-4,14,17H2,1-2H3,(H,24,28)(H,26,27)/b18-15-,25-16+. The molecule has 0 fully saturated rings. The lowest BCUT2D eigenvalue weighted by Gasteiger charge is -2.07. The summed E-state index contributed by atoms with van der Waals surface area (Å²) in [6.45, 7) is 4.48. The second-order valence-corrected chi connectivity index (χ2v) is 6.50. The van der Waals surface area contributed by atoms with Gasteiger partial charge < -0.3 is 10.1 Å². The molecule has 0 saturated heterocycles. The molecule has 0 aliphatic rings. The smallest absolute Gasteiger partial charge is 0.259 e. The summed E-state index contributed by atoms with van der Waals surface area (Å²) in [6.07, 6.45) is 5.56. The number of nitrogens with zero attached hydrogens (tertiary/aromatic N) is 1. The molecule has 0 spiro atoms. The predicted octanol–water partition coefficient (Wildman–Crippen LogP) is 3.80. The van der Waals surface area contributed by atoms with E-state index < -0.39 is 5.91 Å². The highest BCUT2D eigenvalue weighted by atomic mass is 16.5. The van der Waals surface area contributed by atoms with Crippen molar-refractivity contribution in [3.05, 3.63) is 71.3 Å². The van der Waals surface area contributed by atoms with Crippen molar-refractivity contribution < 1.29 is 14.3 Å². The molecule has 6 heteroatoms. The van der Waals surface area contributed by atoms with Gasteiger partial charge >= 0.3 is 0 Å². The van der Waals surface area contributed by atoms with Crippen molar-refractivity contribution in [2.75, 3.05) is 13.2 Å². The maximum atomic E-state index is 12.1. The lowest BCUT2D eigenvalue weighted by molar-refractivity contribution is -0.120. The van der Waals surface area contributed by atoms with E-state index in [2.05, 4.69) is 22.8 Å². The molecule has 6 nitrogen and oxygen atoms in total. The Morgan fingerprint density at radius 3 is 2.48 bits per heavy atom. The fraction of sp³-hybridized carbons (Fsp3) is 0.261. The maximum Gasteiger partial charge on any atom is 0.259 e. The van der Waals surface area contributed by atoms with Gasteiger partial charge in [0.05, 0.1) is 19.4 Å². The fourth-order valence-electron chi connectivity index (χ4n) is 2.39. The van der Waals surface area contributed by atoms with Crippen LogP contribution in [0.15, 0.2) is 65.3 Å². The Bertz CT molecular complexity index is 843. The highest BCUT2D eigenvalue weighted by Crippen LogP contribution is 2.12. The summed E-state index contributed by atoms with van der Waals surface area (Å²) < 4.78 is 5.56. The predicted molar refractivity (Wildman–Crippen MR) is 116 cm³/mol. The van der Waals surface area contributed by atoms with E-state index in [1.54, 1.807) is 30.5 Å². The van der Waals surface area contributed by atoms with Gasteiger partial charge in [0.1, 0.15) is 5.75 Å². The van der Waals surface area contributed by atoms with Crippen molar-refractivity contribution in [1.82, 2.24) is 10.7 Å². The van der Waals surface area contributed by atoms with Gasteiger partial charge in [0.15, 0.2) is 0 Å². The van der Waals surface area contributed by atoms with Gasteiger partial charge in [-0.2, -0.15) is 5.10 Å². The zero-order valence-corrected chi connectivity index (χ0v) is 16.9. The van der Waals surface area contributed by atoms with Gasteiger partial charge in [-0.05, 0) is 48.7 Å². The molecule has 0 aliphatic heterocycles. The number of hydrogen-bond acceptors (Lipinski definition) is 4. The van der Waals surface area contributed by atoms with E-state index in [4.69, 9.17) is 4.74 Å². The van der Waals surface area contributed by atoms with Crippen LogP contribution in [-0.4, -0.2) is 31.2 Å². The van der Waals surface area contributed by atoms with Crippen LogP contribution in [0.4, 0.5) is 0 Å². The number of carbonyl (C=O) groups is 2. The van der Waals surface area contributed by atoms with E-state index in [9.17, 15) is 9.59 Å². The van der Waals surface area contributed by atoms with Crippen LogP contribution in [0.25, 0.3) is 6.08 Å². The zero-order chi connectivity index (χ0) is 20.9. The second kappa shape index (κ2) is 12.1. The minimum atomic E-state index is -0.401. The van der Waals surface area contributed by atoms with Gasteiger partial charge in [-0.3, -0.25) is 9.59 Å².